The Morgan fingerprint density at radius 3 is 2.68 bits per heavy atom. The fourth-order valence-corrected chi connectivity index (χ4v) is 4.87. The first-order valence-electron chi connectivity index (χ1n) is 7.27. The summed E-state index contributed by atoms with van der Waals surface area (Å²) in [6.07, 6.45) is 4.08. The normalized spacial score (nSPS) is 34.7. The van der Waals surface area contributed by atoms with Gasteiger partial charge in [0.1, 0.15) is 0 Å². The monoisotopic (exact) mass is 288 g/mol. The molecule has 0 aromatic carbocycles. The van der Waals surface area contributed by atoms with Gasteiger partial charge in [-0.05, 0) is 25.7 Å². The van der Waals surface area contributed by atoms with Gasteiger partial charge in [-0.15, -0.1) is 0 Å². The molecule has 0 spiro atoms. The topological polar surface area (TPSA) is 66.5 Å². The third-order valence-electron chi connectivity index (χ3n) is 4.08. The highest BCUT2D eigenvalue weighted by atomic mass is 32.2. The molecule has 2 aliphatic rings. The summed E-state index contributed by atoms with van der Waals surface area (Å²) in [6, 6.07) is -0.259. The molecule has 3 unspecified atom stereocenters. The second-order valence-corrected chi connectivity index (χ2v) is 7.82. The van der Waals surface area contributed by atoms with E-state index in [0.717, 1.165) is 25.7 Å². The molecule has 0 bridgehead atoms. The number of nitrogens with one attached hydrogen (secondary N) is 1. The lowest BCUT2D eigenvalue weighted by Gasteiger charge is -2.34. The Hall–Kier alpha value is -0.620. The maximum absolute atomic E-state index is 12.4. The average molecular weight is 288 g/mol. The minimum atomic E-state index is -2.98. The summed E-state index contributed by atoms with van der Waals surface area (Å²) < 4.78 is 23.5. The molecule has 0 aliphatic carbocycles. The molecular weight excluding hydrogens is 264 g/mol. The zero-order valence-electron chi connectivity index (χ0n) is 11.8. The summed E-state index contributed by atoms with van der Waals surface area (Å²) in [7, 11) is -2.98. The minimum absolute atomic E-state index is 0.00218. The first-order valence-corrected chi connectivity index (χ1v) is 9.09. The predicted octanol–water partition coefficient (Wildman–Crippen LogP) is 0.900. The Labute approximate surface area is 115 Å². The van der Waals surface area contributed by atoms with Gasteiger partial charge in [0.15, 0.2) is 9.84 Å². The van der Waals surface area contributed by atoms with E-state index in [1.165, 1.54) is 0 Å². The van der Waals surface area contributed by atoms with Crippen molar-refractivity contribution in [3.05, 3.63) is 0 Å². The van der Waals surface area contributed by atoms with Gasteiger partial charge in [0.05, 0.1) is 23.7 Å². The van der Waals surface area contributed by atoms with Gasteiger partial charge in [-0.25, -0.2) is 8.42 Å². The van der Waals surface area contributed by atoms with Gasteiger partial charge >= 0.3 is 0 Å². The minimum Gasteiger partial charge on any atom is -0.322 e. The zero-order chi connectivity index (χ0) is 14.0. The van der Waals surface area contributed by atoms with Crippen LogP contribution in [0.4, 0.5) is 0 Å². The summed E-state index contributed by atoms with van der Waals surface area (Å²) in [5.74, 6) is 0.500. The van der Waals surface area contributed by atoms with Crippen molar-refractivity contribution in [3.63, 3.8) is 0 Å². The Kier molecular flexibility index (Phi) is 4.50. The highest BCUT2D eigenvalue weighted by Crippen LogP contribution is 2.25. The number of hydrogen-bond donors (Lipinski definition) is 1. The summed E-state index contributed by atoms with van der Waals surface area (Å²) in [5.41, 5.74) is 0. The molecule has 2 heterocycles. The molecule has 2 fully saturated rings. The Bertz CT molecular complexity index is 435. The SMILES string of the molecule is CCCC1NC(CC)N(C2CCCS(=O)(=O)C2)C1=O. The van der Waals surface area contributed by atoms with E-state index in [-0.39, 0.29) is 35.7 Å². The number of sulfone groups is 1. The second-order valence-electron chi connectivity index (χ2n) is 5.59. The molecule has 3 atom stereocenters. The molecule has 0 saturated carbocycles. The highest BCUT2D eigenvalue weighted by molar-refractivity contribution is 7.91. The van der Waals surface area contributed by atoms with Crippen molar-refractivity contribution in [2.24, 2.45) is 0 Å². The quantitative estimate of drug-likeness (QED) is 0.834. The predicted molar refractivity (Wildman–Crippen MR) is 74.4 cm³/mol. The van der Waals surface area contributed by atoms with Crippen molar-refractivity contribution in [2.45, 2.75) is 64.2 Å². The van der Waals surface area contributed by atoms with Gasteiger partial charge < -0.3 is 4.90 Å². The van der Waals surface area contributed by atoms with E-state index >= 15 is 0 Å². The van der Waals surface area contributed by atoms with Gasteiger partial charge in [0, 0.05) is 6.04 Å². The summed E-state index contributed by atoms with van der Waals surface area (Å²) in [4.78, 5) is 14.3. The Morgan fingerprint density at radius 1 is 1.37 bits per heavy atom. The number of carbonyl (C=O) groups is 1. The number of carbonyl (C=O) groups excluding carboxylic acids is 1. The van der Waals surface area contributed by atoms with Crippen molar-refractivity contribution in [1.82, 2.24) is 10.2 Å². The van der Waals surface area contributed by atoms with E-state index in [0.29, 0.717) is 6.42 Å². The smallest absolute Gasteiger partial charge is 0.241 e. The van der Waals surface area contributed by atoms with Crippen molar-refractivity contribution in [3.8, 4) is 0 Å². The maximum Gasteiger partial charge on any atom is 0.241 e. The molecule has 19 heavy (non-hydrogen) atoms. The number of amides is 1. The van der Waals surface area contributed by atoms with Crippen LogP contribution in [0.5, 0.6) is 0 Å². The van der Waals surface area contributed by atoms with E-state index in [9.17, 15) is 13.2 Å². The summed E-state index contributed by atoms with van der Waals surface area (Å²) >= 11 is 0. The first-order chi connectivity index (χ1) is 8.98. The van der Waals surface area contributed by atoms with Crippen molar-refractivity contribution >= 4 is 15.7 Å². The van der Waals surface area contributed by atoms with Gasteiger partial charge in [0.25, 0.3) is 0 Å². The molecule has 2 saturated heterocycles. The number of nitrogens with zero attached hydrogens (tertiary/aromatic N) is 1. The van der Waals surface area contributed by atoms with Crippen LogP contribution in [-0.4, -0.2) is 49.0 Å². The van der Waals surface area contributed by atoms with Crippen LogP contribution < -0.4 is 5.32 Å². The zero-order valence-corrected chi connectivity index (χ0v) is 12.6. The fraction of sp³-hybridized carbons (Fsp3) is 0.923. The molecule has 5 nitrogen and oxygen atoms in total. The van der Waals surface area contributed by atoms with Crippen LogP contribution in [0.1, 0.15) is 46.0 Å². The van der Waals surface area contributed by atoms with E-state index in [4.69, 9.17) is 0 Å². The molecular formula is C13H24N2O3S. The maximum atomic E-state index is 12.4. The third-order valence-corrected chi connectivity index (χ3v) is 5.88. The van der Waals surface area contributed by atoms with Gasteiger partial charge in [0.2, 0.25) is 5.91 Å². The molecule has 1 N–H and O–H groups in total. The lowest BCUT2D eigenvalue weighted by Crippen LogP contribution is -2.49. The van der Waals surface area contributed by atoms with Gasteiger partial charge in [-0.3, -0.25) is 10.1 Å². The molecule has 0 radical (unpaired) electrons. The lowest BCUT2D eigenvalue weighted by molar-refractivity contribution is -0.132. The van der Waals surface area contributed by atoms with E-state index in [1.54, 1.807) is 0 Å². The second kappa shape index (κ2) is 5.79. The molecule has 6 heteroatoms. The highest BCUT2D eigenvalue weighted by Gasteiger charge is 2.43. The van der Waals surface area contributed by atoms with Crippen LogP contribution in [0.25, 0.3) is 0 Å². The van der Waals surface area contributed by atoms with Crippen molar-refractivity contribution < 1.29 is 13.2 Å². The average Bonchev–Trinajstić information content (AvgIpc) is 2.65. The third kappa shape index (κ3) is 3.11. The van der Waals surface area contributed by atoms with Crippen molar-refractivity contribution in [2.75, 3.05) is 11.5 Å². The number of hydrogen-bond acceptors (Lipinski definition) is 4. The molecule has 1 amide bonds. The van der Waals surface area contributed by atoms with Gasteiger partial charge in [-0.1, -0.05) is 20.3 Å². The molecule has 110 valence electrons. The molecule has 0 aromatic heterocycles. The molecule has 2 aliphatic heterocycles. The molecule has 0 aromatic rings. The summed E-state index contributed by atoms with van der Waals surface area (Å²) in [5, 5.41) is 3.35. The fourth-order valence-electron chi connectivity index (χ4n) is 3.18. The van der Waals surface area contributed by atoms with Crippen LogP contribution in [0, 0.1) is 0 Å². The first kappa shape index (κ1) is 14.8. The van der Waals surface area contributed by atoms with E-state index in [2.05, 4.69) is 12.2 Å². The summed E-state index contributed by atoms with van der Waals surface area (Å²) in [6.45, 7) is 4.09. The van der Waals surface area contributed by atoms with E-state index < -0.39 is 9.84 Å². The van der Waals surface area contributed by atoms with Crippen LogP contribution in [-0.2, 0) is 14.6 Å². The molecule has 2 rings (SSSR count). The van der Waals surface area contributed by atoms with Crippen molar-refractivity contribution in [1.29, 1.82) is 0 Å². The van der Waals surface area contributed by atoms with Crippen LogP contribution in [0.2, 0.25) is 0 Å². The number of rotatable bonds is 4. The largest absolute Gasteiger partial charge is 0.322 e. The Morgan fingerprint density at radius 2 is 2.11 bits per heavy atom. The van der Waals surface area contributed by atoms with Crippen LogP contribution in [0.15, 0.2) is 0 Å². The van der Waals surface area contributed by atoms with Crippen LogP contribution >= 0.6 is 0 Å². The Balaban J connectivity index is 2.14. The lowest BCUT2D eigenvalue weighted by atomic mass is 10.1. The van der Waals surface area contributed by atoms with Crippen LogP contribution in [0.3, 0.4) is 0 Å². The standard InChI is InChI=1S/C13H24N2O3S/c1-3-6-11-13(16)15(12(4-2)14-11)10-7-5-8-19(17,18)9-10/h10-12,14H,3-9H2,1-2H3. The van der Waals surface area contributed by atoms with E-state index in [1.807, 2.05) is 11.8 Å². The van der Waals surface area contributed by atoms with Gasteiger partial charge in [-0.2, -0.15) is 0 Å².